The second-order valence-corrected chi connectivity index (χ2v) is 9.44. The van der Waals surface area contributed by atoms with E-state index in [0.717, 1.165) is 6.26 Å². The summed E-state index contributed by atoms with van der Waals surface area (Å²) in [5.41, 5.74) is 1.83. The maximum absolute atomic E-state index is 12.5. The predicted molar refractivity (Wildman–Crippen MR) is 131 cm³/mol. The van der Waals surface area contributed by atoms with Gasteiger partial charge in [0.05, 0.1) is 24.3 Å². The topological polar surface area (TPSA) is 111 Å². The Labute approximate surface area is 202 Å². The Bertz CT molecular complexity index is 1290. The van der Waals surface area contributed by atoms with E-state index in [-0.39, 0.29) is 12.4 Å². The lowest BCUT2D eigenvalue weighted by Crippen LogP contribution is -2.13. The molecule has 0 saturated carbocycles. The molecule has 0 atom stereocenters. The van der Waals surface area contributed by atoms with Crippen molar-refractivity contribution in [3.8, 4) is 11.5 Å². The molecule has 3 aromatic carbocycles. The fourth-order valence-electron chi connectivity index (χ4n) is 2.99. The van der Waals surface area contributed by atoms with Gasteiger partial charge >= 0.3 is 5.97 Å². The second kappa shape index (κ2) is 11.0. The molecule has 1 amide bonds. The largest absolute Gasteiger partial charge is 0.466 e. The van der Waals surface area contributed by atoms with E-state index in [1.54, 1.807) is 67.6 Å². The molecule has 0 bridgehead atoms. The van der Waals surface area contributed by atoms with Crippen LogP contribution < -0.4 is 14.8 Å². The number of hydrogen-bond donors (Lipinski definition) is 2. The lowest BCUT2D eigenvalue weighted by molar-refractivity contribution is -0.142. The molecule has 0 aliphatic heterocycles. The number of nitrogens with one attached hydrogen (secondary N) is 2. The minimum atomic E-state index is -3.45. The third kappa shape index (κ3) is 7.50. The number of esters is 1. The van der Waals surface area contributed by atoms with Crippen LogP contribution in [0.3, 0.4) is 0 Å². The second-order valence-electron chi connectivity index (χ2n) is 7.28. The first kappa shape index (κ1) is 25.1. The zero-order valence-corrected chi connectivity index (χ0v) is 20.1. The van der Waals surface area contributed by atoms with Crippen molar-refractivity contribution in [1.29, 1.82) is 0 Å². The number of anilines is 2. The summed E-state index contributed by atoms with van der Waals surface area (Å²) in [6.45, 7) is 2.06. The number of ether oxygens (including phenoxy) is 2. The third-order valence-electron chi connectivity index (χ3n) is 4.42. The fraction of sp³-hybridized carbons (Fsp3) is 0.167. The molecule has 0 heterocycles. The molecule has 0 aromatic heterocycles. The summed E-state index contributed by atoms with van der Waals surface area (Å²) >= 11 is 6.28. The lowest BCUT2D eigenvalue weighted by atomic mass is 10.1. The molecule has 178 valence electrons. The van der Waals surface area contributed by atoms with Gasteiger partial charge in [-0.15, -0.1) is 0 Å². The van der Waals surface area contributed by atoms with Gasteiger partial charge in [0.25, 0.3) is 5.91 Å². The van der Waals surface area contributed by atoms with Crippen molar-refractivity contribution < 1.29 is 27.5 Å². The van der Waals surface area contributed by atoms with Crippen molar-refractivity contribution in [2.75, 3.05) is 22.9 Å². The van der Waals surface area contributed by atoms with Crippen LogP contribution in [0.2, 0.25) is 5.02 Å². The van der Waals surface area contributed by atoms with E-state index < -0.39 is 15.9 Å². The fourth-order valence-corrected chi connectivity index (χ4v) is 3.79. The van der Waals surface area contributed by atoms with Crippen molar-refractivity contribution in [2.45, 2.75) is 13.3 Å². The van der Waals surface area contributed by atoms with Gasteiger partial charge in [0.2, 0.25) is 10.0 Å². The van der Waals surface area contributed by atoms with Gasteiger partial charge in [0, 0.05) is 16.9 Å². The van der Waals surface area contributed by atoms with Gasteiger partial charge < -0.3 is 14.8 Å². The lowest BCUT2D eigenvalue weighted by Gasteiger charge is -2.11. The van der Waals surface area contributed by atoms with Crippen molar-refractivity contribution in [3.05, 3.63) is 82.9 Å². The molecule has 34 heavy (non-hydrogen) atoms. The molecule has 0 radical (unpaired) electrons. The number of amides is 1. The Balaban J connectivity index is 1.63. The average Bonchev–Trinajstić information content (AvgIpc) is 2.76. The molecule has 8 nitrogen and oxygen atoms in total. The van der Waals surface area contributed by atoms with Gasteiger partial charge in [-0.05, 0) is 67.1 Å². The average molecular weight is 503 g/mol. The molecule has 0 aliphatic rings. The van der Waals surface area contributed by atoms with E-state index in [9.17, 15) is 18.0 Å². The van der Waals surface area contributed by atoms with E-state index >= 15 is 0 Å². The molecule has 0 aliphatic carbocycles. The standard InChI is InChI=1S/C24H23ClN2O6S/c1-3-32-23(28)14-16-7-12-22(21(25)13-16)33-20-10-8-18(9-11-20)26-24(29)17-5-4-6-19(15-17)27-34(2,30)31/h4-13,15,27H,3,14H2,1-2H3,(H,26,29). The Morgan fingerprint density at radius 2 is 1.71 bits per heavy atom. The summed E-state index contributed by atoms with van der Waals surface area (Å²) in [5.74, 6) is 0.188. The maximum Gasteiger partial charge on any atom is 0.310 e. The molecular weight excluding hydrogens is 480 g/mol. The van der Waals surface area contributed by atoms with Crippen LogP contribution in [0.25, 0.3) is 0 Å². The SMILES string of the molecule is CCOC(=O)Cc1ccc(Oc2ccc(NC(=O)c3cccc(NS(C)(=O)=O)c3)cc2)c(Cl)c1. The number of sulfonamides is 1. The van der Waals surface area contributed by atoms with E-state index in [1.807, 2.05) is 0 Å². The van der Waals surface area contributed by atoms with Crippen LogP contribution in [0.5, 0.6) is 11.5 Å². The van der Waals surface area contributed by atoms with Crippen LogP contribution in [-0.4, -0.2) is 33.2 Å². The van der Waals surface area contributed by atoms with Gasteiger partial charge in [-0.1, -0.05) is 23.7 Å². The van der Waals surface area contributed by atoms with E-state index in [1.165, 1.54) is 6.07 Å². The number of hydrogen-bond acceptors (Lipinski definition) is 6. The van der Waals surface area contributed by atoms with Crippen LogP contribution in [0, 0.1) is 0 Å². The Hall–Kier alpha value is -3.56. The van der Waals surface area contributed by atoms with E-state index in [2.05, 4.69) is 10.0 Å². The first-order valence-electron chi connectivity index (χ1n) is 10.2. The Morgan fingerprint density at radius 1 is 0.971 bits per heavy atom. The van der Waals surface area contributed by atoms with E-state index in [4.69, 9.17) is 21.1 Å². The maximum atomic E-state index is 12.5. The zero-order chi connectivity index (χ0) is 24.7. The van der Waals surface area contributed by atoms with Crippen molar-refractivity contribution >= 4 is 44.9 Å². The van der Waals surface area contributed by atoms with Gasteiger partial charge in [-0.3, -0.25) is 14.3 Å². The molecule has 10 heteroatoms. The van der Waals surface area contributed by atoms with Gasteiger partial charge in [0.1, 0.15) is 11.5 Å². The van der Waals surface area contributed by atoms with Crippen molar-refractivity contribution in [1.82, 2.24) is 0 Å². The van der Waals surface area contributed by atoms with Crippen LogP contribution in [0.4, 0.5) is 11.4 Å². The highest BCUT2D eigenvalue weighted by molar-refractivity contribution is 7.92. The number of carbonyl (C=O) groups is 2. The molecule has 0 unspecified atom stereocenters. The highest BCUT2D eigenvalue weighted by Crippen LogP contribution is 2.31. The Kier molecular flexibility index (Phi) is 8.14. The highest BCUT2D eigenvalue weighted by atomic mass is 35.5. The number of halogens is 1. The van der Waals surface area contributed by atoms with Crippen LogP contribution in [0.1, 0.15) is 22.8 Å². The summed E-state index contributed by atoms with van der Waals surface area (Å²) < 4.78 is 35.8. The molecule has 0 spiro atoms. The van der Waals surface area contributed by atoms with Gasteiger partial charge in [0.15, 0.2) is 0 Å². The minimum absolute atomic E-state index is 0.120. The minimum Gasteiger partial charge on any atom is -0.466 e. The molecule has 0 fully saturated rings. The molecule has 3 aromatic rings. The van der Waals surface area contributed by atoms with E-state index in [0.29, 0.717) is 45.6 Å². The number of rotatable bonds is 9. The van der Waals surface area contributed by atoms with Gasteiger partial charge in [-0.25, -0.2) is 8.42 Å². The summed E-state index contributed by atoms with van der Waals surface area (Å²) in [6.07, 6.45) is 1.16. The first-order valence-corrected chi connectivity index (χ1v) is 12.5. The predicted octanol–water partition coefficient (Wildman–Crippen LogP) is 4.86. The zero-order valence-electron chi connectivity index (χ0n) is 18.5. The Morgan fingerprint density at radius 3 is 2.35 bits per heavy atom. The highest BCUT2D eigenvalue weighted by Gasteiger charge is 2.11. The number of benzene rings is 3. The van der Waals surface area contributed by atoms with Gasteiger partial charge in [-0.2, -0.15) is 0 Å². The monoisotopic (exact) mass is 502 g/mol. The normalized spacial score (nSPS) is 10.9. The molecule has 0 saturated heterocycles. The van der Waals surface area contributed by atoms with Crippen LogP contribution in [-0.2, 0) is 26.0 Å². The third-order valence-corrected chi connectivity index (χ3v) is 5.32. The van der Waals surface area contributed by atoms with Crippen molar-refractivity contribution in [2.24, 2.45) is 0 Å². The summed E-state index contributed by atoms with van der Waals surface area (Å²) in [4.78, 5) is 24.1. The number of carbonyl (C=O) groups excluding carboxylic acids is 2. The molecule has 2 N–H and O–H groups in total. The smallest absolute Gasteiger partial charge is 0.310 e. The van der Waals surface area contributed by atoms with Crippen LogP contribution >= 0.6 is 11.6 Å². The summed E-state index contributed by atoms with van der Waals surface area (Å²) in [5, 5.41) is 3.09. The molecular formula is C24H23ClN2O6S. The quantitative estimate of drug-likeness (QED) is 0.404. The first-order chi connectivity index (χ1) is 16.1. The molecule has 3 rings (SSSR count). The summed E-state index contributed by atoms with van der Waals surface area (Å²) in [7, 11) is -3.45. The van der Waals surface area contributed by atoms with Crippen LogP contribution in [0.15, 0.2) is 66.7 Å². The summed E-state index contributed by atoms with van der Waals surface area (Å²) in [6, 6.07) is 17.9. The van der Waals surface area contributed by atoms with Crippen molar-refractivity contribution in [3.63, 3.8) is 0 Å².